The molecule has 1 fully saturated rings. The molecule has 0 amide bonds. The van der Waals surface area contributed by atoms with Gasteiger partial charge in [-0.1, -0.05) is 51.2 Å². The summed E-state index contributed by atoms with van der Waals surface area (Å²) in [7, 11) is 2.02. The van der Waals surface area contributed by atoms with Crippen LogP contribution in [0.2, 0.25) is 0 Å². The lowest BCUT2D eigenvalue weighted by molar-refractivity contribution is -0.140. The Bertz CT molecular complexity index is 372. The van der Waals surface area contributed by atoms with Crippen molar-refractivity contribution in [2.45, 2.75) is 96.8 Å². The Morgan fingerprint density at radius 1 is 1.12 bits per heavy atom. The van der Waals surface area contributed by atoms with Gasteiger partial charge in [-0.15, -0.1) is 0 Å². The van der Waals surface area contributed by atoms with E-state index in [2.05, 4.69) is 24.4 Å². The number of carboxylic acids is 1. The highest BCUT2D eigenvalue weighted by atomic mass is 16.4. The predicted octanol–water partition coefficient (Wildman–Crippen LogP) is 5.94. The van der Waals surface area contributed by atoms with Gasteiger partial charge < -0.3 is 10.4 Å². The third kappa shape index (κ3) is 10.0. The molecule has 0 spiro atoms. The van der Waals surface area contributed by atoms with Crippen LogP contribution in [0.3, 0.4) is 0 Å². The van der Waals surface area contributed by atoms with Crippen molar-refractivity contribution in [2.75, 3.05) is 13.6 Å². The van der Waals surface area contributed by atoms with Crippen molar-refractivity contribution in [3.63, 3.8) is 0 Å². The quantitative estimate of drug-likeness (QED) is 0.283. The Labute approximate surface area is 155 Å². The molecule has 1 aliphatic rings. The average Bonchev–Trinajstić information content (AvgIpc) is 3.00. The zero-order valence-electron chi connectivity index (χ0n) is 16.7. The first-order valence-corrected chi connectivity index (χ1v) is 10.6. The number of carboxylic acid groups (broad SMARTS) is 1. The van der Waals surface area contributed by atoms with E-state index in [9.17, 15) is 9.90 Å². The summed E-state index contributed by atoms with van der Waals surface area (Å²) in [5.74, 6) is -0.00322. The van der Waals surface area contributed by atoms with Gasteiger partial charge in [-0.25, -0.2) is 0 Å². The number of carbonyl (C=O) groups is 1. The van der Waals surface area contributed by atoms with Gasteiger partial charge in [0.25, 0.3) is 0 Å². The molecule has 1 aliphatic carbocycles. The van der Waals surface area contributed by atoms with E-state index in [4.69, 9.17) is 0 Å². The van der Waals surface area contributed by atoms with Crippen molar-refractivity contribution in [3.8, 4) is 0 Å². The number of rotatable bonds is 15. The van der Waals surface area contributed by atoms with Crippen molar-refractivity contribution in [1.82, 2.24) is 5.32 Å². The third-order valence-electron chi connectivity index (χ3n) is 5.78. The molecule has 2 N–H and O–H groups in total. The number of hydrogen-bond acceptors (Lipinski definition) is 2. The molecule has 0 aromatic carbocycles. The maximum Gasteiger partial charge on any atom is 0.303 e. The Morgan fingerprint density at radius 3 is 2.40 bits per heavy atom. The highest BCUT2D eigenvalue weighted by Gasteiger charge is 2.37. The topological polar surface area (TPSA) is 49.3 Å². The molecule has 3 heteroatoms. The fourth-order valence-electron chi connectivity index (χ4n) is 4.53. The summed E-state index contributed by atoms with van der Waals surface area (Å²) in [6.07, 6.45) is 21.0. The summed E-state index contributed by atoms with van der Waals surface area (Å²) in [6, 6.07) is 0. The second-order valence-electron chi connectivity index (χ2n) is 8.16. The van der Waals surface area contributed by atoms with Crippen LogP contribution in [0, 0.1) is 11.3 Å². The number of aliphatic carboxylic acids is 1. The molecule has 0 radical (unpaired) electrons. The van der Waals surface area contributed by atoms with Gasteiger partial charge in [-0.3, -0.25) is 4.79 Å². The standard InChI is InChI=1S/C22H41NO2/c1-3-4-5-6-7-8-9-10-11-14-20(19-23-2)17-22(18-21(24)25)15-12-13-16-22/h8-9,20,23H,3-7,10-19H2,1-2H3,(H,24,25). The second kappa shape index (κ2) is 13.4. The van der Waals surface area contributed by atoms with E-state index < -0.39 is 5.97 Å². The molecular weight excluding hydrogens is 310 g/mol. The molecule has 0 aromatic heterocycles. The summed E-state index contributed by atoms with van der Waals surface area (Å²) < 4.78 is 0. The lowest BCUT2D eigenvalue weighted by Crippen LogP contribution is -2.29. The molecule has 146 valence electrons. The lowest BCUT2D eigenvalue weighted by atomic mass is 9.74. The van der Waals surface area contributed by atoms with Crippen molar-refractivity contribution >= 4 is 5.97 Å². The summed E-state index contributed by atoms with van der Waals surface area (Å²) in [5.41, 5.74) is 0.0719. The molecule has 1 unspecified atom stereocenters. The van der Waals surface area contributed by atoms with Gasteiger partial charge in [0.05, 0.1) is 6.42 Å². The molecule has 25 heavy (non-hydrogen) atoms. The summed E-state index contributed by atoms with van der Waals surface area (Å²) in [5, 5.41) is 12.6. The van der Waals surface area contributed by atoms with Crippen LogP contribution >= 0.6 is 0 Å². The fourth-order valence-corrected chi connectivity index (χ4v) is 4.53. The molecular formula is C22H41NO2. The van der Waals surface area contributed by atoms with Gasteiger partial charge in [-0.2, -0.15) is 0 Å². The zero-order valence-corrected chi connectivity index (χ0v) is 16.7. The van der Waals surface area contributed by atoms with E-state index in [0.29, 0.717) is 12.3 Å². The summed E-state index contributed by atoms with van der Waals surface area (Å²) >= 11 is 0. The van der Waals surface area contributed by atoms with E-state index in [0.717, 1.165) is 25.8 Å². The van der Waals surface area contributed by atoms with Crippen LogP contribution < -0.4 is 5.32 Å². The van der Waals surface area contributed by atoms with Gasteiger partial charge in [0, 0.05) is 0 Å². The fraction of sp³-hybridized carbons (Fsp3) is 0.864. The molecule has 0 heterocycles. The molecule has 0 aliphatic heterocycles. The molecule has 1 rings (SSSR count). The van der Waals surface area contributed by atoms with Gasteiger partial charge in [0.2, 0.25) is 0 Å². The highest BCUT2D eigenvalue weighted by molar-refractivity contribution is 5.67. The Kier molecular flexibility index (Phi) is 11.9. The van der Waals surface area contributed by atoms with Crippen LogP contribution in [-0.2, 0) is 4.79 Å². The van der Waals surface area contributed by atoms with E-state index in [-0.39, 0.29) is 5.41 Å². The Balaban J connectivity index is 2.31. The largest absolute Gasteiger partial charge is 0.481 e. The SMILES string of the molecule is CCCCCCC=CCCCC(CNC)CC1(CC(=O)O)CCCC1. The minimum atomic E-state index is -0.615. The van der Waals surface area contributed by atoms with Crippen LogP contribution in [0.25, 0.3) is 0 Å². The van der Waals surface area contributed by atoms with Crippen molar-refractivity contribution < 1.29 is 9.90 Å². The van der Waals surface area contributed by atoms with Crippen LogP contribution in [0.4, 0.5) is 0 Å². The van der Waals surface area contributed by atoms with Crippen LogP contribution in [0.15, 0.2) is 12.2 Å². The smallest absolute Gasteiger partial charge is 0.303 e. The number of allylic oxidation sites excluding steroid dienone is 2. The van der Waals surface area contributed by atoms with Crippen molar-refractivity contribution in [3.05, 3.63) is 12.2 Å². The van der Waals surface area contributed by atoms with E-state index in [1.165, 1.54) is 64.2 Å². The Morgan fingerprint density at radius 2 is 1.80 bits per heavy atom. The first-order chi connectivity index (χ1) is 12.1. The van der Waals surface area contributed by atoms with Crippen molar-refractivity contribution in [2.24, 2.45) is 11.3 Å². The number of unbranched alkanes of at least 4 members (excludes halogenated alkanes) is 5. The maximum absolute atomic E-state index is 11.3. The van der Waals surface area contributed by atoms with Gasteiger partial charge in [0.1, 0.15) is 0 Å². The summed E-state index contributed by atoms with van der Waals surface area (Å²) in [4.78, 5) is 11.3. The number of hydrogen-bond donors (Lipinski definition) is 2. The normalized spacial score (nSPS) is 18.0. The minimum absolute atomic E-state index is 0.0719. The molecule has 0 bridgehead atoms. The molecule has 1 atom stereocenters. The van der Waals surface area contributed by atoms with Crippen LogP contribution in [0.1, 0.15) is 96.8 Å². The first kappa shape index (κ1) is 22.2. The average molecular weight is 352 g/mol. The third-order valence-corrected chi connectivity index (χ3v) is 5.78. The lowest BCUT2D eigenvalue weighted by Gasteiger charge is -2.32. The van der Waals surface area contributed by atoms with Crippen molar-refractivity contribution in [1.29, 1.82) is 0 Å². The predicted molar refractivity (Wildman–Crippen MR) is 107 cm³/mol. The summed E-state index contributed by atoms with van der Waals surface area (Å²) in [6.45, 7) is 3.27. The van der Waals surface area contributed by atoms with E-state index in [1.54, 1.807) is 0 Å². The second-order valence-corrected chi connectivity index (χ2v) is 8.16. The van der Waals surface area contributed by atoms with Gasteiger partial charge in [0.15, 0.2) is 0 Å². The van der Waals surface area contributed by atoms with E-state index >= 15 is 0 Å². The zero-order chi connectivity index (χ0) is 18.4. The maximum atomic E-state index is 11.3. The van der Waals surface area contributed by atoms with Crippen LogP contribution in [0.5, 0.6) is 0 Å². The Hall–Kier alpha value is -0.830. The molecule has 1 saturated carbocycles. The molecule has 0 saturated heterocycles. The van der Waals surface area contributed by atoms with E-state index in [1.807, 2.05) is 7.05 Å². The minimum Gasteiger partial charge on any atom is -0.481 e. The number of nitrogens with one attached hydrogen (secondary N) is 1. The van der Waals surface area contributed by atoms with Gasteiger partial charge in [-0.05, 0) is 76.3 Å². The first-order valence-electron chi connectivity index (χ1n) is 10.6. The molecule has 3 nitrogen and oxygen atoms in total. The van der Waals surface area contributed by atoms with Crippen LogP contribution in [-0.4, -0.2) is 24.7 Å². The monoisotopic (exact) mass is 351 g/mol. The molecule has 0 aromatic rings. The van der Waals surface area contributed by atoms with Gasteiger partial charge >= 0.3 is 5.97 Å². The highest BCUT2D eigenvalue weighted by Crippen LogP contribution is 2.46.